The van der Waals surface area contributed by atoms with E-state index in [1.807, 2.05) is 18.3 Å². The van der Waals surface area contributed by atoms with Crippen molar-refractivity contribution >= 4 is 16.8 Å². The van der Waals surface area contributed by atoms with Crippen molar-refractivity contribution < 1.29 is 4.42 Å². The summed E-state index contributed by atoms with van der Waals surface area (Å²) in [6.07, 6.45) is 3.57. The lowest BCUT2D eigenvalue weighted by Gasteiger charge is -2.32. The van der Waals surface area contributed by atoms with Crippen molar-refractivity contribution in [1.82, 2.24) is 10.3 Å². The van der Waals surface area contributed by atoms with Crippen LogP contribution in [-0.2, 0) is 0 Å². The van der Waals surface area contributed by atoms with Crippen LogP contribution in [0.4, 0.5) is 5.82 Å². The number of nitrogens with one attached hydrogen (secondary N) is 1. The fraction of sp³-hybridized carbons (Fsp3) is 0.417. The predicted molar refractivity (Wildman–Crippen MR) is 63.7 cm³/mol. The fourth-order valence-corrected chi connectivity index (χ4v) is 2.23. The second-order valence-electron chi connectivity index (χ2n) is 4.27. The number of aromatic nitrogens is 1. The molecular formula is C12H15N3O. The van der Waals surface area contributed by atoms with Gasteiger partial charge in [-0.05, 0) is 19.1 Å². The summed E-state index contributed by atoms with van der Waals surface area (Å²) in [6.45, 7) is 5.15. The van der Waals surface area contributed by atoms with Crippen LogP contribution in [0.25, 0.3) is 11.0 Å². The van der Waals surface area contributed by atoms with Crippen LogP contribution in [0.15, 0.2) is 29.0 Å². The first-order chi connectivity index (χ1) is 7.84. The maximum absolute atomic E-state index is 5.51. The van der Waals surface area contributed by atoms with Crippen molar-refractivity contribution in [2.45, 2.75) is 13.0 Å². The molecule has 1 atom stereocenters. The van der Waals surface area contributed by atoms with Gasteiger partial charge < -0.3 is 14.6 Å². The third kappa shape index (κ3) is 1.55. The molecule has 3 rings (SSSR count). The fourth-order valence-electron chi connectivity index (χ4n) is 2.23. The van der Waals surface area contributed by atoms with Crippen molar-refractivity contribution in [3.8, 4) is 0 Å². The minimum absolute atomic E-state index is 0.501. The normalized spacial score (nSPS) is 21.6. The summed E-state index contributed by atoms with van der Waals surface area (Å²) in [5.41, 5.74) is 0.900. The Morgan fingerprint density at radius 3 is 3.31 bits per heavy atom. The Morgan fingerprint density at radius 1 is 1.50 bits per heavy atom. The molecule has 1 unspecified atom stereocenters. The van der Waals surface area contributed by atoms with Crippen LogP contribution in [0.3, 0.4) is 0 Å². The zero-order valence-electron chi connectivity index (χ0n) is 9.31. The molecule has 1 fully saturated rings. The smallest absolute Gasteiger partial charge is 0.176 e. The van der Waals surface area contributed by atoms with Gasteiger partial charge in [-0.15, -0.1) is 0 Å². The Balaban J connectivity index is 2.01. The topological polar surface area (TPSA) is 41.3 Å². The van der Waals surface area contributed by atoms with Gasteiger partial charge in [0.1, 0.15) is 0 Å². The average Bonchev–Trinajstić information content (AvgIpc) is 2.76. The van der Waals surface area contributed by atoms with Crippen LogP contribution < -0.4 is 10.2 Å². The van der Waals surface area contributed by atoms with Gasteiger partial charge >= 0.3 is 0 Å². The molecular weight excluding hydrogens is 202 g/mol. The Morgan fingerprint density at radius 2 is 2.44 bits per heavy atom. The molecule has 2 aromatic rings. The van der Waals surface area contributed by atoms with Crippen molar-refractivity contribution in [1.29, 1.82) is 0 Å². The lowest BCUT2D eigenvalue weighted by atomic mass is 10.2. The molecule has 16 heavy (non-hydrogen) atoms. The van der Waals surface area contributed by atoms with E-state index >= 15 is 0 Å². The number of furan rings is 1. The molecule has 4 heteroatoms. The number of anilines is 1. The number of piperazine rings is 1. The molecule has 2 aromatic heterocycles. The highest BCUT2D eigenvalue weighted by Gasteiger charge is 2.19. The highest BCUT2D eigenvalue weighted by molar-refractivity contribution is 5.87. The van der Waals surface area contributed by atoms with Crippen LogP contribution in [0, 0.1) is 0 Å². The van der Waals surface area contributed by atoms with Gasteiger partial charge in [-0.2, -0.15) is 0 Å². The molecule has 3 heterocycles. The Kier molecular flexibility index (Phi) is 2.29. The van der Waals surface area contributed by atoms with Gasteiger partial charge in [0.2, 0.25) is 0 Å². The monoisotopic (exact) mass is 217 g/mol. The molecule has 1 aliphatic rings. The summed E-state index contributed by atoms with van der Waals surface area (Å²) >= 11 is 0. The van der Waals surface area contributed by atoms with E-state index in [-0.39, 0.29) is 0 Å². The molecule has 84 valence electrons. The first kappa shape index (κ1) is 9.66. The Labute approximate surface area is 94.3 Å². The van der Waals surface area contributed by atoms with Gasteiger partial charge in [-0.25, -0.2) is 4.98 Å². The first-order valence-corrected chi connectivity index (χ1v) is 5.65. The summed E-state index contributed by atoms with van der Waals surface area (Å²) in [5, 5.41) is 4.54. The van der Waals surface area contributed by atoms with E-state index in [0.717, 1.165) is 36.4 Å². The van der Waals surface area contributed by atoms with E-state index in [1.165, 1.54) is 0 Å². The maximum Gasteiger partial charge on any atom is 0.176 e. The average molecular weight is 217 g/mol. The van der Waals surface area contributed by atoms with E-state index in [4.69, 9.17) is 4.42 Å². The molecule has 1 N–H and O–H groups in total. The standard InChI is InChI=1S/C12H15N3O/c1-9-8-15(6-5-13-9)12-11-10(2-4-14-12)3-7-16-11/h2-4,7,9,13H,5-6,8H2,1H3. The predicted octanol–water partition coefficient (Wildman–Crippen LogP) is 1.63. The summed E-state index contributed by atoms with van der Waals surface area (Å²) in [5.74, 6) is 0.968. The number of hydrogen-bond acceptors (Lipinski definition) is 4. The van der Waals surface area contributed by atoms with E-state index in [1.54, 1.807) is 6.26 Å². The van der Waals surface area contributed by atoms with E-state index in [2.05, 4.69) is 22.1 Å². The number of nitrogens with zero attached hydrogens (tertiary/aromatic N) is 2. The highest BCUT2D eigenvalue weighted by Crippen LogP contribution is 2.25. The number of pyridine rings is 1. The molecule has 4 nitrogen and oxygen atoms in total. The molecule has 0 spiro atoms. The van der Waals surface area contributed by atoms with Gasteiger partial charge in [0.25, 0.3) is 0 Å². The number of fused-ring (bicyclic) bond motifs is 1. The Hall–Kier alpha value is -1.55. The van der Waals surface area contributed by atoms with Gasteiger partial charge in [-0.1, -0.05) is 0 Å². The van der Waals surface area contributed by atoms with Crippen LogP contribution in [0.2, 0.25) is 0 Å². The number of rotatable bonds is 1. The minimum Gasteiger partial charge on any atom is -0.460 e. The van der Waals surface area contributed by atoms with Crippen LogP contribution in [0.1, 0.15) is 6.92 Å². The molecule has 0 radical (unpaired) electrons. The Bertz CT molecular complexity index is 494. The highest BCUT2D eigenvalue weighted by atomic mass is 16.3. The van der Waals surface area contributed by atoms with Gasteiger partial charge in [0, 0.05) is 37.3 Å². The summed E-state index contributed by atoms with van der Waals surface area (Å²) < 4.78 is 5.51. The second kappa shape index (κ2) is 3.79. The van der Waals surface area contributed by atoms with E-state index < -0.39 is 0 Å². The first-order valence-electron chi connectivity index (χ1n) is 5.65. The van der Waals surface area contributed by atoms with Gasteiger partial charge in [0.05, 0.1) is 6.26 Å². The van der Waals surface area contributed by atoms with Crippen molar-refractivity contribution in [2.75, 3.05) is 24.5 Å². The zero-order valence-corrected chi connectivity index (χ0v) is 9.31. The zero-order chi connectivity index (χ0) is 11.0. The summed E-state index contributed by atoms with van der Waals surface area (Å²) in [4.78, 5) is 6.73. The van der Waals surface area contributed by atoms with Crippen molar-refractivity contribution in [3.05, 3.63) is 24.6 Å². The minimum atomic E-state index is 0.501. The molecule has 1 saturated heterocycles. The second-order valence-corrected chi connectivity index (χ2v) is 4.27. The molecule has 1 aliphatic heterocycles. The molecule has 0 amide bonds. The van der Waals surface area contributed by atoms with E-state index in [9.17, 15) is 0 Å². The summed E-state index contributed by atoms with van der Waals surface area (Å²) in [6, 6.07) is 4.46. The molecule has 0 aliphatic carbocycles. The molecule has 0 saturated carbocycles. The third-order valence-electron chi connectivity index (χ3n) is 3.02. The lowest BCUT2D eigenvalue weighted by Crippen LogP contribution is -2.49. The lowest BCUT2D eigenvalue weighted by molar-refractivity contribution is 0.481. The van der Waals surface area contributed by atoms with Crippen molar-refractivity contribution in [2.24, 2.45) is 0 Å². The summed E-state index contributed by atoms with van der Waals surface area (Å²) in [7, 11) is 0. The quantitative estimate of drug-likeness (QED) is 0.788. The largest absolute Gasteiger partial charge is 0.460 e. The van der Waals surface area contributed by atoms with E-state index in [0.29, 0.717) is 6.04 Å². The van der Waals surface area contributed by atoms with Gasteiger partial charge in [-0.3, -0.25) is 0 Å². The third-order valence-corrected chi connectivity index (χ3v) is 3.02. The van der Waals surface area contributed by atoms with Crippen LogP contribution in [-0.4, -0.2) is 30.7 Å². The van der Waals surface area contributed by atoms with Gasteiger partial charge in [0.15, 0.2) is 11.4 Å². The number of hydrogen-bond donors (Lipinski definition) is 1. The van der Waals surface area contributed by atoms with Crippen LogP contribution in [0.5, 0.6) is 0 Å². The van der Waals surface area contributed by atoms with Crippen molar-refractivity contribution in [3.63, 3.8) is 0 Å². The molecule has 0 bridgehead atoms. The maximum atomic E-state index is 5.51. The van der Waals surface area contributed by atoms with Crippen LogP contribution >= 0.6 is 0 Å². The SMILES string of the molecule is CC1CN(c2nccc3ccoc23)CCN1. The molecule has 0 aromatic carbocycles.